The summed E-state index contributed by atoms with van der Waals surface area (Å²) in [5, 5.41) is 10.7. The van der Waals surface area contributed by atoms with Gasteiger partial charge in [0.05, 0.1) is 16.8 Å². The maximum absolute atomic E-state index is 14.6. The number of hydrogen-bond donors (Lipinski definition) is 1. The van der Waals surface area contributed by atoms with Crippen molar-refractivity contribution in [1.29, 1.82) is 0 Å². The number of hydrogen-bond acceptors (Lipinski definition) is 6. The monoisotopic (exact) mass is 379 g/mol. The molecule has 0 unspecified atom stereocenters. The minimum absolute atomic E-state index is 0.0133. The van der Waals surface area contributed by atoms with Crippen molar-refractivity contribution < 1.29 is 13.5 Å². The van der Waals surface area contributed by atoms with E-state index in [0.29, 0.717) is 20.4 Å². The Kier molecular flexibility index (Phi) is 4.02. The van der Waals surface area contributed by atoms with Crippen molar-refractivity contribution in [3.8, 4) is 17.0 Å². The number of nitrogens with one attached hydrogen (secondary N) is 1. The molecule has 4 rings (SSSR count). The summed E-state index contributed by atoms with van der Waals surface area (Å²) in [7, 11) is 0. The summed E-state index contributed by atoms with van der Waals surface area (Å²) in [5.41, 5.74) is 0.391. The van der Waals surface area contributed by atoms with Gasteiger partial charge in [-0.15, -0.1) is 0 Å². The van der Waals surface area contributed by atoms with Gasteiger partial charge in [0, 0.05) is 6.20 Å². The van der Waals surface area contributed by atoms with Gasteiger partial charge in [0.25, 0.3) is 0 Å². The maximum atomic E-state index is 14.6. The molecule has 0 radical (unpaired) electrons. The number of nitrogens with zero attached hydrogens (tertiary/aromatic N) is 4. The fraction of sp³-hybridized carbons (Fsp3) is 0.0667. The van der Waals surface area contributed by atoms with Crippen LogP contribution in [0.1, 0.15) is 5.01 Å². The fourth-order valence-corrected chi connectivity index (χ4v) is 3.20. The summed E-state index contributed by atoms with van der Waals surface area (Å²) in [5.74, 6) is -1.71. The lowest BCUT2D eigenvalue weighted by Gasteiger charge is -2.08. The normalized spacial score (nSPS) is 11.2. The predicted molar refractivity (Wildman–Crippen MR) is 88.5 cm³/mol. The first kappa shape index (κ1) is 15.9. The molecular formula is C15H8ClF2N5OS. The van der Waals surface area contributed by atoms with E-state index in [1.54, 1.807) is 6.07 Å². The van der Waals surface area contributed by atoms with Crippen molar-refractivity contribution in [1.82, 2.24) is 25.4 Å². The Hall–Kier alpha value is -2.65. The molecule has 10 heteroatoms. The van der Waals surface area contributed by atoms with Crippen molar-refractivity contribution in [3.05, 3.63) is 52.3 Å². The van der Waals surface area contributed by atoms with Crippen LogP contribution in [0.5, 0.6) is 5.75 Å². The molecule has 0 aliphatic heterocycles. The molecule has 0 spiro atoms. The number of fused-ring (bicyclic) bond motifs is 1. The molecule has 0 bridgehead atoms. The molecule has 4 aromatic rings. The Morgan fingerprint density at radius 3 is 2.92 bits per heavy atom. The van der Waals surface area contributed by atoms with E-state index in [2.05, 4.69) is 25.4 Å². The first-order valence-electron chi connectivity index (χ1n) is 6.99. The SMILES string of the molecule is Fc1ccc(OCc2nc3cc(Cl)cnc3s2)c(F)c1-c1cn[nH]n1. The summed E-state index contributed by atoms with van der Waals surface area (Å²) < 4.78 is 34.0. The van der Waals surface area contributed by atoms with Crippen molar-refractivity contribution in [2.45, 2.75) is 6.61 Å². The average Bonchev–Trinajstić information content (AvgIpc) is 3.23. The Morgan fingerprint density at radius 2 is 2.12 bits per heavy atom. The molecule has 3 heterocycles. The summed E-state index contributed by atoms with van der Waals surface area (Å²) in [6.07, 6.45) is 2.75. The number of thiazole rings is 1. The summed E-state index contributed by atoms with van der Waals surface area (Å²) in [4.78, 5) is 9.19. The molecule has 25 heavy (non-hydrogen) atoms. The van der Waals surface area contributed by atoms with Crippen LogP contribution in [0.3, 0.4) is 0 Å². The second-order valence-corrected chi connectivity index (χ2v) is 6.46. The van der Waals surface area contributed by atoms with Crippen LogP contribution in [0, 0.1) is 11.6 Å². The summed E-state index contributed by atoms with van der Waals surface area (Å²) >= 11 is 7.18. The molecule has 6 nitrogen and oxygen atoms in total. The molecule has 0 fully saturated rings. The lowest BCUT2D eigenvalue weighted by molar-refractivity contribution is 0.289. The third-order valence-electron chi connectivity index (χ3n) is 3.34. The van der Waals surface area contributed by atoms with Gasteiger partial charge in [0.2, 0.25) is 0 Å². The second kappa shape index (κ2) is 6.34. The smallest absolute Gasteiger partial charge is 0.177 e. The highest BCUT2D eigenvalue weighted by Crippen LogP contribution is 2.31. The van der Waals surface area contributed by atoms with Crippen LogP contribution in [0.25, 0.3) is 21.6 Å². The largest absolute Gasteiger partial charge is 0.483 e. The number of rotatable bonds is 4. The van der Waals surface area contributed by atoms with Gasteiger partial charge in [-0.05, 0) is 18.2 Å². The third kappa shape index (κ3) is 3.03. The average molecular weight is 380 g/mol. The lowest BCUT2D eigenvalue weighted by atomic mass is 10.1. The fourth-order valence-electron chi connectivity index (χ4n) is 2.25. The molecule has 126 valence electrons. The molecular weight excluding hydrogens is 372 g/mol. The van der Waals surface area contributed by atoms with E-state index in [1.807, 2.05) is 0 Å². The van der Waals surface area contributed by atoms with E-state index < -0.39 is 11.6 Å². The van der Waals surface area contributed by atoms with Crippen molar-refractivity contribution in [2.24, 2.45) is 0 Å². The quantitative estimate of drug-likeness (QED) is 0.580. The Morgan fingerprint density at radius 1 is 1.24 bits per heavy atom. The molecule has 0 saturated carbocycles. The molecule has 1 aromatic carbocycles. The second-order valence-electron chi connectivity index (χ2n) is 4.96. The number of aromatic nitrogens is 5. The molecule has 0 aliphatic carbocycles. The van der Waals surface area contributed by atoms with Gasteiger partial charge in [0.1, 0.15) is 33.5 Å². The van der Waals surface area contributed by atoms with E-state index in [-0.39, 0.29) is 23.6 Å². The predicted octanol–water partition coefficient (Wildman–Crippen LogP) is 3.99. The molecule has 0 atom stereocenters. The van der Waals surface area contributed by atoms with Crippen LogP contribution < -0.4 is 4.74 Å². The van der Waals surface area contributed by atoms with E-state index >= 15 is 0 Å². The van der Waals surface area contributed by atoms with Gasteiger partial charge in [-0.2, -0.15) is 15.4 Å². The van der Waals surface area contributed by atoms with Crippen molar-refractivity contribution in [3.63, 3.8) is 0 Å². The minimum Gasteiger partial charge on any atom is -0.483 e. The zero-order valence-corrected chi connectivity index (χ0v) is 13.9. The molecule has 1 N–H and O–H groups in total. The molecule has 0 aliphatic rings. The van der Waals surface area contributed by atoms with Gasteiger partial charge in [-0.3, -0.25) is 0 Å². The van der Waals surface area contributed by atoms with Crippen LogP contribution in [0.2, 0.25) is 5.02 Å². The Labute approximate surface area is 148 Å². The Bertz CT molecular complexity index is 1050. The zero-order valence-electron chi connectivity index (χ0n) is 12.3. The van der Waals surface area contributed by atoms with E-state index in [4.69, 9.17) is 16.3 Å². The third-order valence-corrected chi connectivity index (χ3v) is 4.50. The number of aromatic amines is 1. The standard InChI is InChI=1S/C15H8ClF2N5OS/c16-7-3-9-15(19-4-7)25-12(21-9)6-24-11-2-1-8(17)13(14(11)18)10-5-20-23-22-10/h1-5H,6H2,(H,20,22,23). The first-order chi connectivity index (χ1) is 12.1. The topological polar surface area (TPSA) is 76.6 Å². The van der Waals surface area contributed by atoms with Crippen LogP contribution >= 0.6 is 22.9 Å². The van der Waals surface area contributed by atoms with Crippen LogP contribution in [-0.4, -0.2) is 25.4 Å². The van der Waals surface area contributed by atoms with Crippen LogP contribution in [0.15, 0.2) is 30.6 Å². The Balaban J connectivity index is 1.61. The minimum atomic E-state index is -0.851. The first-order valence-corrected chi connectivity index (χ1v) is 8.19. The van der Waals surface area contributed by atoms with Crippen LogP contribution in [-0.2, 0) is 6.61 Å². The number of benzene rings is 1. The van der Waals surface area contributed by atoms with Gasteiger partial charge in [0.15, 0.2) is 11.6 Å². The van der Waals surface area contributed by atoms with Crippen molar-refractivity contribution >= 4 is 33.3 Å². The van der Waals surface area contributed by atoms with Gasteiger partial charge >= 0.3 is 0 Å². The van der Waals surface area contributed by atoms with E-state index in [9.17, 15) is 8.78 Å². The number of halogens is 3. The number of ether oxygens (including phenoxy) is 1. The highest BCUT2D eigenvalue weighted by atomic mass is 35.5. The van der Waals surface area contributed by atoms with E-state index in [1.165, 1.54) is 29.8 Å². The van der Waals surface area contributed by atoms with Gasteiger partial charge < -0.3 is 4.74 Å². The highest BCUT2D eigenvalue weighted by Gasteiger charge is 2.19. The number of H-pyrrole nitrogens is 1. The van der Waals surface area contributed by atoms with Gasteiger partial charge in [-0.25, -0.2) is 18.7 Å². The summed E-state index contributed by atoms with van der Waals surface area (Å²) in [6.45, 7) is 0.0133. The number of pyridine rings is 1. The molecule has 0 amide bonds. The highest BCUT2D eigenvalue weighted by molar-refractivity contribution is 7.18. The molecule has 0 saturated heterocycles. The molecule has 3 aromatic heterocycles. The van der Waals surface area contributed by atoms with Gasteiger partial charge in [-0.1, -0.05) is 22.9 Å². The maximum Gasteiger partial charge on any atom is 0.177 e. The zero-order chi connectivity index (χ0) is 17.4. The lowest BCUT2D eigenvalue weighted by Crippen LogP contribution is -2.00. The van der Waals surface area contributed by atoms with Crippen molar-refractivity contribution in [2.75, 3.05) is 0 Å². The summed E-state index contributed by atoms with van der Waals surface area (Å²) in [6, 6.07) is 4.02. The van der Waals surface area contributed by atoms with E-state index in [0.717, 1.165) is 6.07 Å². The van der Waals surface area contributed by atoms with Crippen LogP contribution in [0.4, 0.5) is 8.78 Å².